The van der Waals surface area contributed by atoms with Crippen molar-refractivity contribution in [3.8, 4) is 0 Å². The zero-order chi connectivity index (χ0) is 14.8. The van der Waals surface area contributed by atoms with Gasteiger partial charge in [-0.25, -0.2) is 9.97 Å². The zero-order valence-electron chi connectivity index (χ0n) is 10.9. The summed E-state index contributed by atoms with van der Waals surface area (Å²) in [5.74, 6) is 0.287. The zero-order valence-corrected chi connectivity index (χ0v) is 12.4. The summed E-state index contributed by atoms with van der Waals surface area (Å²) in [6, 6.07) is 7.59. The summed E-state index contributed by atoms with van der Waals surface area (Å²) >= 11 is 12.0. The van der Waals surface area contributed by atoms with Crippen molar-refractivity contribution in [3.05, 3.63) is 52.4 Å². The minimum absolute atomic E-state index is 0.0900. The minimum Gasteiger partial charge on any atom is -0.279 e. The van der Waals surface area contributed by atoms with E-state index in [4.69, 9.17) is 23.2 Å². The van der Waals surface area contributed by atoms with Gasteiger partial charge in [0, 0.05) is 23.3 Å². The van der Waals surface area contributed by atoms with Gasteiger partial charge in [-0.05, 0) is 24.0 Å². The van der Waals surface area contributed by atoms with Gasteiger partial charge in [-0.15, -0.1) is 0 Å². The van der Waals surface area contributed by atoms with Crippen molar-refractivity contribution in [1.29, 1.82) is 0 Å². The predicted molar refractivity (Wildman–Crippen MR) is 81.1 cm³/mol. The van der Waals surface area contributed by atoms with Gasteiger partial charge in [0.05, 0.1) is 0 Å². The highest BCUT2D eigenvalue weighted by Gasteiger charge is 2.44. The number of hydrogen-bond acceptors (Lipinski definition) is 4. The van der Waals surface area contributed by atoms with Gasteiger partial charge < -0.3 is 0 Å². The van der Waals surface area contributed by atoms with E-state index >= 15 is 0 Å². The van der Waals surface area contributed by atoms with Gasteiger partial charge in [0.2, 0.25) is 5.91 Å². The van der Waals surface area contributed by atoms with Gasteiger partial charge in [-0.1, -0.05) is 41.4 Å². The molecule has 1 aromatic heterocycles. The number of carbonyl (C=O) groups excluding carboxylic acids is 1. The van der Waals surface area contributed by atoms with Gasteiger partial charge >= 0.3 is 0 Å². The monoisotopic (exact) mass is 322 g/mol. The number of halogens is 2. The lowest BCUT2D eigenvalue weighted by Gasteiger charge is -2.08. The van der Waals surface area contributed by atoms with Crippen LogP contribution in [0.15, 0.2) is 36.7 Å². The molecular formula is C14H12Cl2N4O. The molecule has 108 valence electrons. The van der Waals surface area contributed by atoms with E-state index in [1.807, 2.05) is 24.3 Å². The Morgan fingerprint density at radius 3 is 2.71 bits per heavy atom. The topological polar surface area (TPSA) is 66.9 Å². The second kappa shape index (κ2) is 5.87. The average Bonchev–Trinajstić information content (AvgIpc) is 3.27. The first-order chi connectivity index (χ1) is 10.2. The highest BCUT2D eigenvalue weighted by molar-refractivity contribution is 6.31. The minimum atomic E-state index is -0.110. The van der Waals surface area contributed by atoms with Gasteiger partial charge in [0.1, 0.15) is 0 Å². The van der Waals surface area contributed by atoms with Crippen LogP contribution in [0.3, 0.4) is 0 Å². The number of anilines is 1. The fourth-order valence-electron chi connectivity index (χ4n) is 2.22. The number of nitrogens with one attached hydrogen (secondary N) is 2. The number of aromatic nitrogens is 2. The Morgan fingerprint density at radius 1 is 1.19 bits per heavy atom. The number of rotatable bonds is 4. The number of hydrazine groups is 1. The van der Waals surface area contributed by atoms with E-state index in [0.29, 0.717) is 10.8 Å². The van der Waals surface area contributed by atoms with Crippen molar-refractivity contribution >= 4 is 34.9 Å². The maximum absolute atomic E-state index is 12.1. The quantitative estimate of drug-likeness (QED) is 0.849. The fourth-order valence-corrected chi connectivity index (χ4v) is 2.65. The van der Waals surface area contributed by atoms with E-state index in [0.717, 1.165) is 12.0 Å². The second-order valence-corrected chi connectivity index (χ2v) is 5.55. The second-order valence-electron chi connectivity index (χ2n) is 4.78. The van der Waals surface area contributed by atoms with Crippen molar-refractivity contribution in [3.63, 3.8) is 0 Å². The molecule has 1 fully saturated rings. The van der Waals surface area contributed by atoms with E-state index in [1.54, 1.807) is 0 Å². The van der Waals surface area contributed by atoms with Crippen molar-refractivity contribution < 1.29 is 4.79 Å². The lowest BCUT2D eigenvalue weighted by Crippen LogP contribution is -2.31. The molecule has 0 aliphatic heterocycles. The maximum Gasteiger partial charge on any atom is 0.242 e. The Morgan fingerprint density at radius 2 is 1.95 bits per heavy atom. The molecule has 1 aromatic carbocycles. The first-order valence-electron chi connectivity index (χ1n) is 6.43. The van der Waals surface area contributed by atoms with E-state index in [1.165, 1.54) is 12.4 Å². The van der Waals surface area contributed by atoms with Crippen LogP contribution in [0, 0.1) is 5.92 Å². The molecule has 0 unspecified atom stereocenters. The first-order valence-corrected chi connectivity index (χ1v) is 7.19. The van der Waals surface area contributed by atoms with Crippen molar-refractivity contribution in [2.45, 2.75) is 12.3 Å². The highest BCUT2D eigenvalue weighted by Crippen LogP contribution is 2.49. The van der Waals surface area contributed by atoms with Crippen LogP contribution in [-0.2, 0) is 4.79 Å². The molecule has 3 rings (SSSR count). The molecule has 2 atom stereocenters. The molecule has 0 radical (unpaired) electrons. The summed E-state index contributed by atoms with van der Waals surface area (Å²) in [7, 11) is 0. The summed E-state index contributed by atoms with van der Waals surface area (Å²) in [5.41, 5.74) is 6.30. The molecule has 2 aromatic rings. The molecule has 7 heteroatoms. The highest BCUT2D eigenvalue weighted by atomic mass is 35.5. The van der Waals surface area contributed by atoms with E-state index in [9.17, 15) is 4.79 Å². The molecule has 1 aliphatic rings. The lowest BCUT2D eigenvalue weighted by atomic mass is 10.1. The maximum atomic E-state index is 12.1. The number of carbonyl (C=O) groups is 1. The van der Waals surface area contributed by atoms with Crippen molar-refractivity contribution in [2.75, 3.05) is 5.43 Å². The molecule has 1 amide bonds. The fraction of sp³-hybridized carbons (Fsp3) is 0.214. The number of nitrogens with zero attached hydrogens (tertiary/aromatic N) is 2. The van der Waals surface area contributed by atoms with Gasteiger partial charge in [-0.3, -0.25) is 15.6 Å². The van der Waals surface area contributed by atoms with Gasteiger partial charge in [0.25, 0.3) is 0 Å². The smallest absolute Gasteiger partial charge is 0.242 e. The number of hydrogen-bond donors (Lipinski definition) is 2. The molecular weight excluding hydrogens is 311 g/mol. The Bertz CT molecular complexity index is 680. The van der Waals surface area contributed by atoms with E-state index in [-0.39, 0.29) is 22.9 Å². The Balaban J connectivity index is 1.59. The summed E-state index contributed by atoms with van der Waals surface area (Å²) in [6.07, 6.45) is 3.75. The third-order valence-corrected chi connectivity index (χ3v) is 4.01. The van der Waals surface area contributed by atoms with Crippen LogP contribution in [0.4, 0.5) is 5.82 Å². The van der Waals surface area contributed by atoms with E-state index in [2.05, 4.69) is 20.8 Å². The predicted octanol–water partition coefficient (Wildman–Crippen LogP) is 3.03. The standard InChI is InChI=1S/C14H12Cl2N4O/c15-11-4-2-1-3-8(11)9-7-10(9)14(21)20-19-13-12(16)17-5-6-18-13/h1-6,9-10H,7H2,(H,18,19)(H,20,21)/t9-,10+/m1/s1. The lowest BCUT2D eigenvalue weighted by molar-refractivity contribution is -0.121. The summed E-state index contributed by atoms with van der Waals surface area (Å²) < 4.78 is 0. The Labute approximate surface area is 131 Å². The first kappa shape index (κ1) is 14.1. The molecule has 5 nitrogen and oxygen atoms in total. The third-order valence-electron chi connectivity index (χ3n) is 3.39. The SMILES string of the molecule is O=C(NNc1nccnc1Cl)[C@H]1C[C@@H]1c1ccccc1Cl. The third kappa shape index (κ3) is 3.09. The summed E-state index contributed by atoms with van der Waals surface area (Å²) in [5, 5.41) is 0.902. The number of amides is 1. The summed E-state index contributed by atoms with van der Waals surface area (Å²) in [6.45, 7) is 0. The molecule has 1 aliphatic carbocycles. The summed E-state index contributed by atoms with van der Waals surface area (Å²) in [4.78, 5) is 19.9. The largest absolute Gasteiger partial charge is 0.279 e. The Hall–Kier alpha value is -1.85. The molecule has 21 heavy (non-hydrogen) atoms. The molecule has 1 saturated carbocycles. The van der Waals surface area contributed by atoms with Crippen LogP contribution >= 0.6 is 23.2 Å². The van der Waals surface area contributed by atoms with Crippen LogP contribution in [0.1, 0.15) is 17.9 Å². The molecule has 0 bridgehead atoms. The van der Waals surface area contributed by atoms with Crippen molar-refractivity contribution in [2.24, 2.45) is 5.92 Å². The molecule has 2 N–H and O–H groups in total. The van der Waals surface area contributed by atoms with Crippen molar-refractivity contribution in [1.82, 2.24) is 15.4 Å². The van der Waals surface area contributed by atoms with Crippen LogP contribution in [0.5, 0.6) is 0 Å². The van der Waals surface area contributed by atoms with E-state index < -0.39 is 0 Å². The Kier molecular flexibility index (Phi) is 3.94. The molecule has 1 heterocycles. The van der Waals surface area contributed by atoms with Crippen LogP contribution in [0.2, 0.25) is 10.2 Å². The normalized spacial score (nSPS) is 19.9. The molecule has 0 saturated heterocycles. The van der Waals surface area contributed by atoms with Crippen LogP contribution in [0.25, 0.3) is 0 Å². The number of benzene rings is 1. The molecule has 0 spiro atoms. The van der Waals surface area contributed by atoms with Gasteiger partial charge in [0.15, 0.2) is 11.0 Å². The van der Waals surface area contributed by atoms with Crippen LogP contribution in [-0.4, -0.2) is 15.9 Å². The van der Waals surface area contributed by atoms with Gasteiger partial charge in [-0.2, -0.15) is 0 Å². The average molecular weight is 323 g/mol. The van der Waals surface area contributed by atoms with Crippen LogP contribution < -0.4 is 10.9 Å².